The lowest BCUT2D eigenvalue weighted by atomic mass is 10.1. The Kier molecular flexibility index (Phi) is 5.22. The third-order valence-electron chi connectivity index (χ3n) is 3.01. The first-order valence-electron chi connectivity index (χ1n) is 6.54. The molecule has 2 aromatic carbocycles. The molecule has 2 rings (SSSR count). The molecule has 1 nitrogen and oxygen atoms in total. The van der Waals surface area contributed by atoms with E-state index in [9.17, 15) is 4.79 Å². The van der Waals surface area contributed by atoms with Crippen molar-refractivity contribution in [2.24, 2.45) is 0 Å². The zero-order chi connectivity index (χ0) is 13.5. The van der Waals surface area contributed by atoms with E-state index in [1.54, 1.807) is 11.8 Å². The molecular formula is C17H18OS. The Morgan fingerprint density at radius 1 is 1.00 bits per heavy atom. The second-order valence-corrected chi connectivity index (χ2v) is 5.94. The minimum absolute atomic E-state index is 0.0195. The summed E-state index contributed by atoms with van der Waals surface area (Å²) in [6.07, 6.45) is 1.45. The van der Waals surface area contributed by atoms with Crippen molar-refractivity contribution >= 4 is 17.5 Å². The van der Waals surface area contributed by atoms with E-state index in [1.807, 2.05) is 55.5 Å². The smallest absolute Gasteiger partial charge is 0.146 e. The standard InChI is InChI=1S/C17H18OS/c1-14(19-16-10-6-3-7-11-16)17(18)13-12-15-8-4-2-5-9-15/h2-11,14H,12-13H2,1H3. The van der Waals surface area contributed by atoms with E-state index in [0.29, 0.717) is 12.2 Å². The van der Waals surface area contributed by atoms with Gasteiger partial charge in [0.05, 0.1) is 5.25 Å². The Labute approximate surface area is 119 Å². The van der Waals surface area contributed by atoms with Crippen molar-refractivity contribution in [1.82, 2.24) is 0 Å². The molecule has 98 valence electrons. The van der Waals surface area contributed by atoms with Crippen LogP contribution in [0.1, 0.15) is 18.9 Å². The quantitative estimate of drug-likeness (QED) is 0.725. The van der Waals surface area contributed by atoms with E-state index in [0.717, 1.165) is 11.3 Å². The SMILES string of the molecule is CC(Sc1ccccc1)C(=O)CCc1ccccc1. The predicted molar refractivity (Wildman–Crippen MR) is 81.5 cm³/mol. The Bertz CT molecular complexity index is 507. The van der Waals surface area contributed by atoms with Crippen LogP contribution in [0.3, 0.4) is 0 Å². The molecular weight excluding hydrogens is 252 g/mol. The fourth-order valence-electron chi connectivity index (χ4n) is 1.88. The van der Waals surface area contributed by atoms with Gasteiger partial charge in [0, 0.05) is 11.3 Å². The molecule has 0 amide bonds. The maximum atomic E-state index is 12.1. The van der Waals surface area contributed by atoms with Crippen molar-refractivity contribution < 1.29 is 4.79 Å². The normalized spacial score (nSPS) is 12.1. The number of Topliss-reactive ketones (excluding diaryl/α,β-unsaturated/α-hetero) is 1. The maximum Gasteiger partial charge on any atom is 0.146 e. The summed E-state index contributed by atoms with van der Waals surface area (Å²) in [5, 5.41) is 0.0195. The molecule has 0 aliphatic carbocycles. The largest absolute Gasteiger partial charge is 0.298 e. The van der Waals surface area contributed by atoms with Crippen molar-refractivity contribution in [1.29, 1.82) is 0 Å². The fourth-order valence-corrected chi connectivity index (χ4v) is 2.86. The van der Waals surface area contributed by atoms with Crippen LogP contribution in [0.5, 0.6) is 0 Å². The third kappa shape index (κ3) is 4.56. The van der Waals surface area contributed by atoms with Gasteiger partial charge in [-0.2, -0.15) is 0 Å². The number of rotatable bonds is 6. The molecule has 0 bridgehead atoms. The van der Waals surface area contributed by atoms with Gasteiger partial charge in [-0.15, -0.1) is 11.8 Å². The zero-order valence-electron chi connectivity index (χ0n) is 11.1. The van der Waals surface area contributed by atoms with Gasteiger partial charge in [-0.3, -0.25) is 4.79 Å². The summed E-state index contributed by atoms with van der Waals surface area (Å²) in [6.45, 7) is 1.99. The van der Waals surface area contributed by atoms with E-state index in [1.165, 1.54) is 5.56 Å². The first-order valence-corrected chi connectivity index (χ1v) is 7.42. The van der Waals surface area contributed by atoms with Crippen molar-refractivity contribution in [3.8, 4) is 0 Å². The van der Waals surface area contributed by atoms with Gasteiger partial charge in [0.2, 0.25) is 0 Å². The molecule has 0 fully saturated rings. The molecule has 2 aromatic rings. The Morgan fingerprint density at radius 3 is 2.21 bits per heavy atom. The van der Waals surface area contributed by atoms with Crippen LogP contribution in [-0.4, -0.2) is 11.0 Å². The summed E-state index contributed by atoms with van der Waals surface area (Å²) in [4.78, 5) is 13.3. The van der Waals surface area contributed by atoms with E-state index in [2.05, 4.69) is 12.1 Å². The molecule has 0 aromatic heterocycles. The van der Waals surface area contributed by atoms with Crippen LogP contribution in [0, 0.1) is 0 Å². The molecule has 0 radical (unpaired) electrons. The van der Waals surface area contributed by atoms with Crippen molar-refractivity contribution in [2.75, 3.05) is 0 Å². The molecule has 0 aliphatic rings. The maximum absolute atomic E-state index is 12.1. The highest BCUT2D eigenvalue weighted by molar-refractivity contribution is 8.00. The van der Waals surface area contributed by atoms with Crippen molar-refractivity contribution in [3.63, 3.8) is 0 Å². The van der Waals surface area contributed by atoms with E-state index < -0.39 is 0 Å². The van der Waals surface area contributed by atoms with Crippen LogP contribution >= 0.6 is 11.8 Å². The number of hydrogen-bond donors (Lipinski definition) is 0. The Morgan fingerprint density at radius 2 is 1.58 bits per heavy atom. The number of hydrogen-bond acceptors (Lipinski definition) is 2. The van der Waals surface area contributed by atoms with Crippen LogP contribution in [0.15, 0.2) is 65.6 Å². The minimum atomic E-state index is 0.0195. The van der Waals surface area contributed by atoms with Gasteiger partial charge < -0.3 is 0 Å². The highest BCUT2D eigenvalue weighted by Crippen LogP contribution is 2.24. The van der Waals surface area contributed by atoms with Crippen LogP contribution in [-0.2, 0) is 11.2 Å². The van der Waals surface area contributed by atoms with E-state index in [4.69, 9.17) is 0 Å². The monoisotopic (exact) mass is 270 g/mol. The number of aryl methyl sites for hydroxylation is 1. The van der Waals surface area contributed by atoms with Gasteiger partial charge in [0.15, 0.2) is 0 Å². The van der Waals surface area contributed by atoms with Gasteiger partial charge >= 0.3 is 0 Å². The lowest BCUT2D eigenvalue weighted by Gasteiger charge is -2.10. The van der Waals surface area contributed by atoms with Crippen LogP contribution in [0.25, 0.3) is 0 Å². The molecule has 0 N–H and O–H groups in total. The van der Waals surface area contributed by atoms with Gasteiger partial charge in [-0.1, -0.05) is 48.5 Å². The lowest BCUT2D eigenvalue weighted by molar-refractivity contribution is -0.118. The average Bonchev–Trinajstić information content (AvgIpc) is 2.47. The van der Waals surface area contributed by atoms with Gasteiger partial charge in [-0.05, 0) is 31.0 Å². The second-order valence-electron chi connectivity index (χ2n) is 4.53. The number of carbonyl (C=O) groups is 1. The topological polar surface area (TPSA) is 17.1 Å². The molecule has 1 atom stereocenters. The highest BCUT2D eigenvalue weighted by atomic mass is 32.2. The first kappa shape index (κ1) is 13.9. The zero-order valence-corrected chi connectivity index (χ0v) is 11.9. The molecule has 0 heterocycles. The summed E-state index contributed by atoms with van der Waals surface area (Å²) in [5.41, 5.74) is 1.23. The van der Waals surface area contributed by atoms with Gasteiger partial charge in [0.1, 0.15) is 5.78 Å². The molecule has 0 spiro atoms. The fraction of sp³-hybridized carbons (Fsp3) is 0.235. The second kappa shape index (κ2) is 7.15. The third-order valence-corrected chi connectivity index (χ3v) is 4.17. The summed E-state index contributed by atoms with van der Waals surface area (Å²) < 4.78 is 0. The molecule has 19 heavy (non-hydrogen) atoms. The Hall–Kier alpha value is -1.54. The van der Waals surface area contributed by atoms with Crippen LogP contribution in [0.4, 0.5) is 0 Å². The van der Waals surface area contributed by atoms with Crippen LogP contribution < -0.4 is 0 Å². The summed E-state index contributed by atoms with van der Waals surface area (Å²) in [6, 6.07) is 20.3. The molecule has 0 saturated heterocycles. The molecule has 1 unspecified atom stereocenters. The van der Waals surface area contributed by atoms with Gasteiger partial charge in [0.25, 0.3) is 0 Å². The number of thioether (sulfide) groups is 1. The minimum Gasteiger partial charge on any atom is -0.298 e. The number of benzene rings is 2. The Balaban J connectivity index is 1.83. The molecule has 0 saturated carbocycles. The lowest BCUT2D eigenvalue weighted by Crippen LogP contribution is -2.13. The predicted octanol–water partition coefficient (Wildman–Crippen LogP) is 4.37. The van der Waals surface area contributed by atoms with Gasteiger partial charge in [-0.25, -0.2) is 0 Å². The number of ketones is 1. The highest BCUT2D eigenvalue weighted by Gasteiger charge is 2.13. The average molecular weight is 270 g/mol. The summed E-state index contributed by atoms with van der Waals surface area (Å²) in [5.74, 6) is 0.317. The summed E-state index contributed by atoms with van der Waals surface area (Å²) >= 11 is 1.64. The molecule has 2 heteroatoms. The number of carbonyl (C=O) groups excluding carboxylic acids is 1. The van der Waals surface area contributed by atoms with E-state index in [-0.39, 0.29) is 5.25 Å². The first-order chi connectivity index (χ1) is 9.25. The van der Waals surface area contributed by atoms with Crippen molar-refractivity contribution in [2.45, 2.75) is 29.9 Å². The summed E-state index contributed by atoms with van der Waals surface area (Å²) in [7, 11) is 0. The van der Waals surface area contributed by atoms with Crippen molar-refractivity contribution in [3.05, 3.63) is 66.2 Å². The molecule has 0 aliphatic heterocycles. The van der Waals surface area contributed by atoms with E-state index >= 15 is 0 Å². The van der Waals surface area contributed by atoms with Crippen LogP contribution in [0.2, 0.25) is 0 Å².